The number of fused-ring (bicyclic) bond motifs is 2. The number of aryl methyl sites for hydroxylation is 1. The number of anilines is 1. The number of carbonyl (C=O) groups excluding carboxylic acids is 1. The summed E-state index contributed by atoms with van der Waals surface area (Å²) in [5.74, 6) is 0.275. The van der Waals surface area contributed by atoms with Crippen LogP contribution in [0.5, 0.6) is 0 Å². The highest BCUT2D eigenvalue weighted by Crippen LogP contribution is 2.61. The minimum Gasteiger partial charge on any atom is -0.369 e. The Kier molecular flexibility index (Phi) is 3.78. The largest absolute Gasteiger partial charge is 0.369 e. The topological polar surface area (TPSA) is 158 Å². The maximum atomic E-state index is 13.1. The number of primary amides is 1. The monoisotopic (exact) mass is 427 g/mol. The van der Waals surface area contributed by atoms with Gasteiger partial charge in [0.05, 0.1) is 16.0 Å². The number of rotatable bonds is 5. The van der Waals surface area contributed by atoms with Gasteiger partial charge < -0.3 is 11.5 Å². The molecular formula is C19H21N7O3S. The van der Waals surface area contributed by atoms with Gasteiger partial charge in [0, 0.05) is 17.3 Å². The molecule has 0 spiro atoms. The Morgan fingerprint density at radius 2 is 2.00 bits per heavy atom. The Hall–Kier alpha value is -3.05. The van der Waals surface area contributed by atoms with Crippen LogP contribution in [0, 0.1) is 12.3 Å². The third-order valence-corrected chi connectivity index (χ3v) is 7.98. The summed E-state index contributed by atoms with van der Waals surface area (Å²) in [7, 11) is -3.79. The second kappa shape index (κ2) is 5.99. The Bertz CT molecular complexity index is 1310. The van der Waals surface area contributed by atoms with Gasteiger partial charge in [0.25, 0.3) is 0 Å². The molecule has 0 aliphatic heterocycles. The highest BCUT2D eigenvalue weighted by molar-refractivity contribution is 7.89. The van der Waals surface area contributed by atoms with Gasteiger partial charge in [0.15, 0.2) is 0 Å². The van der Waals surface area contributed by atoms with Gasteiger partial charge in [-0.25, -0.2) is 28.1 Å². The molecule has 6 rings (SSSR count). The highest BCUT2D eigenvalue weighted by atomic mass is 32.2. The van der Waals surface area contributed by atoms with E-state index in [0.717, 1.165) is 5.56 Å². The highest BCUT2D eigenvalue weighted by Gasteiger charge is 2.64. The normalized spacial score (nSPS) is 25.4. The fourth-order valence-electron chi connectivity index (χ4n) is 4.85. The van der Waals surface area contributed by atoms with Crippen LogP contribution in [0.2, 0.25) is 0 Å². The van der Waals surface area contributed by atoms with Gasteiger partial charge in [-0.15, -0.1) is 0 Å². The van der Waals surface area contributed by atoms with Crippen LogP contribution < -0.4 is 16.2 Å². The number of nitrogens with two attached hydrogens (primary N) is 2. The van der Waals surface area contributed by atoms with Crippen molar-refractivity contribution in [2.24, 2.45) is 11.1 Å². The molecular weight excluding hydrogens is 406 g/mol. The van der Waals surface area contributed by atoms with E-state index in [4.69, 9.17) is 11.5 Å². The van der Waals surface area contributed by atoms with Crippen molar-refractivity contribution in [1.29, 1.82) is 0 Å². The number of nitrogens with one attached hydrogen (secondary N) is 1. The van der Waals surface area contributed by atoms with E-state index in [-0.39, 0.29) is 16.8 Å². The van der Waals surface area contributed by atoms with E-state index in [1.54, 1.807) is 28.8 Å². The van der Waals surface area contributed by atoms with Crippen LogP contribution in [0.1, 0.15) is 31.2 Å². The lowest BCUT2D eigenvalue weighted by Gasteiger charge is -2.45. The standard InChI is InChI=1S/C19H21N7O3S/c1-11-2-3-12(6-13(11)14-7-26-16(21)22-10-23-17(26)24-14)30(28,29)25-19-5-4-18(8-19,9-19)15(20)27/h2-3,6-7,10,25H,4-5,8-9H2,1H3,(H2,20,27)(H2,21,22,23,24). The van der Waals surface area contributed by atoms with Crippen LogP contribution >= 0.6 is 0 Å². The smallest absolute Gasteiger partial charge is 0.241 e. The van der Waals surface area contributed by atoms with Crippen molar-refractivity contribution in [3.05, 3.63) is 36.3 Å². The number of benzene rings is 1. The number of hydrogen-bond acceptors (Lipinski definition) is 7. The fourth-order valence-corrected chi connectivity index (χ4v) is 6.30. The molecule has 3 aromatic rings. The van der Waals surface area contributed by atoms with Crippen LogP contribution in [-0.4, -0.2) is 39.2 Å². The summed E-state index contributed by atoms with van der Waals surface area (Å²) in [5.41, 5.74) is 12.3. The molecule has 2 bridgehead atoms. The summed E-state index contributed by atoms with van der Waals surface area (Å²) in [4.78, 5) is 24.3. The molecule has 3 aliphatic carbocycles. The quantitative estimate of drug-likeness (QED) is 0.542. The van der Waals surface area contributed by atoms with Crippen molar-refractivity contribution in [3.8, 4) is 11.3 Å². The number of sulfonamides is 1. The lowest BCUT2D eigenvalue weighted by molar-refractivity contribution is -0.132. The van der Waals surface area contributed by atoms with Gasteiger partial charge in [-0.2, -0.15) is 0 Å². The van der Waals surface area contributed by atoms with E-state index < -0.39 is 21.0 Å². The van der Waals surface area contributed by atoms with E-state index in [9.17, 15) is 13.2 Å². The second-order valence-electron chi connectivity index (χ2n) is 8.39. The molecule has 156 valence electrons. The molecule has 0 unspecified atom stereocenters. The molecule has 3 aliphatic rings. The Labute approximate surface area is 172 Å². The number of imidazole rings is 1. The second-order valence-corrected chi connectivity index (χ2v) is 10.1. The molecule has 10 nitrogen and oxygen atoms in total. The summed E-state index contributed by atoms with van der Waals surface area (Å²) in [5, 5.41) is 0. The molecule has 30 heavy (non-hydrogen) atoms. The molecule has 3 fully saturated rings. The van der Waals surface area contributed by atoms with E-state index in [1.165, 1.54) is 6.33 Å². The van der Waals surface area contributed by atoms with Crippen molar-refractivity contribution in [1.82, 2.24) is 24.1 Å². The first-order valence-electron chi connectivity index (χ1n) is 9.54. The first-order chi connectivity index (χ1) is 14.1. The van der Waals surface area contributed by atoms with Crippen LogP contribution in [0.25, 0.3) is 17.0 Å². The summed E-state index contributed by atoms with van der Waals surface area (Å²) >= 11 is 0. The van der Waals surface area contributed by atoms with E-state index >= 15 is 0 Å². The van der Waals surface area contributed by atoms with Crippen molar-refractivity contribution >= 4 is 27.7 Å². The zero-order valence-electron chi connectivity index (χ0n) is 16.3. The number of aromatic nitrogens is 4. The molecule has 0 saturated heterocycles. The molecule has 11 heteroatoms. The van der Waals surface area contributed by atoms with Crippen LogP contribution in [0.15, 0.2) is 35.6 Å². The van der Waals surface area contributed by atoms with Crippen LogP contribution in [0.3, 0.4) is 0 Å². The molecule has 5 N–H and O–H groups in total. The molecule has 1 aromatic carbocycles. The fraction of sp³-hybridized carbons (Fsp3) is 0.368. The molecule has 2 aromatic heterocycles. The minimum atomic E-state index is -3.79. The predicted octanol–water partition coefficient (Wildman–Crippen LogP) is 0.758. The van der Waals surface area contributed by atoms with Crippen molar-refractivity contribution in [2.75, 3.05) is 5.73 Å². The van der Waals surface area contributed by atoms with Crippen LogP contribution in [0.4, 0.5) is 5.95 Å². The molecule has 0 atom stereocenters. The average Bonchev–Trinajstić information content (AvgIpc) is 3.33. The first-order valence-corrected chi connectivity index (χ1v) is 11.0. The molecule has 1 amide bonds. The third-order valence-electron chi connectivity index (χ3n) is 6.40. The molecule has 3 saturated carbocycles. The van der Waals surface area contributed by atoms with Crippen molar-refractivity contribution in [3.63, 3.8) is 0 Å². The van der Waals surface area contributed by atoms with E-state index in [1.807, 2.05) is 6.92 Å². The zero-order chi connectivity index (χ0) is 21.3. The van der Waals surface area contributed by atoms with Crippen molar-refractivity contribution < 1.29 is 13.2 Å². The molecule has 2 heterocycles. The Morgan fingerprint density at radius 3 is 2.67 bits per heavy atom. The summed E-state index contributed by atoms with van der Waals surface area (Å²) < 4.78 is 30.6. The molecule has 0 radical (unpaired) electrons. The summed E-state index contributed by atoms with van der Waals surface area (Å²) in [6, 6.07) is 4.90. The first kappa shape index (κ1) is 18.9. The SMILES string of the molecule is Cc1ccc(S(=O)(=O)NC23CCC(C(N)=O)(C2)C3)cc1-c1cn2c(N)ncnc2n1. The summed E-state index contributed by atoms with van der Waals surface area (Å²) in [6.07, 6.45) is 5.14. The van der Waals surface area contributed by atoms with E-state index in [0.29, 0.717) is 42.7 Å². The average molecular weight is 427 g/mol. The van der Waals surface area contributed by atoms with Crippen molar-refractivity contribution in [2.45, 2.75) is 43.0 Å². The zero-order valence-corrected chi connectivity index (χ0v) is 17.1. The maximum absolute atomic E-state index is 13.1. The predicted molar refractivity (Wildman–Crippen MR) is 109 cm³/mol. The maximum Gasteiger partial charge on any atom is 0.241 e. The Balaban J connectivity index is 1.48. The number of amides is 1. The van der Waals surface area contributed by atoms with Crippen LogP contribution in [-0.2, 0) is 14.8 Å². The van der Waals surface area contributed by atoms with Gasteiger partial charge >= 0.3 is 0 Å². The number of nitrogen functional groups attached to an aromatic ring is 1. The Morgan fingerprint density at radius 1 is 1.23 bits per heavy atom. The van der Waals surface area contributed by atoms with Gasteiger partial charge in [0.2, 0.25) is 27.7 Å². The lowest BCUT2D eigenvalue weighted by Crippen LogP contribution is -2.58. The minimum absolute atomic E-state index is 0.136. The van der Waals surface area contributed by atoms with E-state index in [2.05, 4.69) is 19.7 Å². The number of nitrogens with zero attached hydrogens (tertiary/aromatic N) is 4. The van der Waals surface area contributed by atoms with Gasteiger partial charge in [-0.1, -0.05) is 6.07 Å². The van der Waals surface area contributed by atoms with Gasteiger partial charge in [0.1, 0.15) is 6.33 Å². The van der Waals surface area contributed by atoms with Gasteiger partial charge in [-0.3, -0.25) is 9.20 Å². The lowest BCUT2D eigenvalue weighted by atomic mass is 9.65. The number of carbonyl (C=O) groups is 1. The summed E-state index contributed by atoms with van der Waals surface area (Å²) in [6.45, 7) is 1.88. The van der Waals surface area contributed by atoms with Gasteiger partial charge in [-0.05, 0) is 50.3 Å². The third kappa shape index (κ3) is 2.69. The number of hydrogen-bond donors (Lipinski definition) is 3.